The molecule has 1 amide bonds. The Morgan fingerprint density at radius 1 is 0.578 bits per heavy atom. The minimum Gasteiger partial charge on any atom is -0.444 e. The molecule has 2 saturated carbocycles. The van der Waals surface area contributed by atoms with Gasteiger partial charge in [0, 0.05) is 74.5 Å². The van der Waals surface area contributed by atoms with Gasteiger partial charge in [-0.1, -0.05) is 25.7 Å². The molecule has 0 unspecified atom stereocenters. The van der Waals surface area contributed by atoms with Gasteiger partial charge in [-0.05, 0) is 185 Å². The molecule has 83 heavy (non-hydrogen) atoms. The van der Waals surface area contributed by atoms with E-state index in [1.807, 2.05) is 57.1 Å². The summed E-state index contributed by atoms with van der Waals surface area (Å²) in [6, 6.07) is 8.15. The first-order chi connectivity index (χ1) is 39.9. The lowest BCUT2D eigenvalue weighted by Crippen LogP contribution is -2.49. The van der Waals surface area contributed by atoms with Gasteiger partial charge in [0.05, 0.1) is 34.9 Å². The number of aryl methyl sites for hydroxylation is 2. The number of likely N-dealkylation sites (tertiary alicyclic amines) is 1. The molecule has 2 aliphatic carbocycles. The number of nitrogens with zero attached hydrogens (tertiary/aromatic N) is 11. The van der Waals surface area contributed by atoms with Gasteiger partial charge < -0.3 is 35.4 Å². The molecule has 0 aromatic carbocycles. The summed E-state index contributed by atoms with van der Waals surface area (Å²) in [6.45, 7) is 20.1. The van der Waals surface area contributed by atoms with Crippen LogP contribution in [0.4, 0.5) is 39.7 Å². The number of ketones is 2. The number of Topliss-reactive ketones (excluding diaryl/α,β-unsaturated/α-hetero) is 2. The summed E-state index contributed by atoms with van der Waals surface area (Å²) in [5.74, 6) is 1.59. The summed E-state index contributed by atoms with van der Waals surface area (Å²) >= 11 is 0. The SMILES string of the molecule is CC(=O)c1c(C)c2cnc(Nc3ccc(N4CCC5(CCN(C(=O)OC(C)(C)C)CC5)CC4)cn3)nc2n(C2CCCC2)c1=O.CC(=O)c1c(C)c2cnc(Nc3ccc(N4CCC5(CCNCC5)CC4)cn3)nc2n(C2CCCC2)c1=O.[H+]. The number of hydrogen-bond acceptors (Lipinski definition) is 17. The molecule has 20 nitrogen and oxygen atoms in total. The van der Waals surface area contributed by atoms with Crippen molar-refractivity contribution in [2.45, 2.75) is 169 Å². The fourth-order valence-electron chi connectivity index (χ4n) is 14.1. The first kappa shape index (κ1) is 57.5. The lowest BCUT2D eigenvalue weighted by atomic mass is 9.71. The van der Waals surface area contributed by atoms with E-state index < -0.39 is 5.60 Å². The Labute approximate surface area is 487 Å². The first-order valence-electron chi connectivity index (χ1n) is 30.4. The van der Waals surface area contributed by atoms with Gasteiger partial charge >= 0.3 is 7.52 Å². The van der Waals surface area contributed by atoms with Crippen LogP contribution in [-0.2, 0) is 4.74 Å². The number of pyridine rings is 4. The van der Waals surface area contributed by atoms with Crippen molar-refractivity contribution in [1.29, 1.82) is 0 Å². The molecule has 2 spiro atoms. The van der Waals surface area contributed by atoms with Crippen LogP contribution >= 0.6 is 0 Å². The van der Waals surface area contributed by atoms with Crippen LogP contribution in [0.1, 0.15) is 183 Å². The molecule has 0 atom stereocenters. The molecule has 12 rings (SSSR count). The van der Waals surface area contributed by atoms with Crippen molar-refractivity contribution in [3.8, 4) is 0 Å². The van der Waals surface area contributed by atoms with Gasteiger partial charge in [0.1, 0.15) is 28.5 Å². The predicted octanol–water partition coefficient (Wildman–Crippen LogP) is 10.8. The van der Waals surface area contributed by atoms with E-state index in [2.05, 4.69) is 57.8 Å². The van der Waals surface area contributed by atoms with E-state index >= 15 is 0 Å². The van der Waals surface area contributed by atoms with Crippen molar-refractivity contribution in [3.05, 3.63) is 92.0 Å². The van der Waals surface area contributed by atoms with E-state index in [0.29, 0.717) is 51.4 Å². The molecule has 6 aliphatic rings. The number of rotatable bonds is 10. The zero-order valence-electron chi connectivity index (χ0n) is 50.6. The second kappa shape index (κ2) is 23.7. The van der Waals surface area contributed by atoms with Gasteiger partial charge in [-0.25, -0.2) is 24.7 Å². The van der Waals surface area contributed by atoms with Gasteiger partial charge in [0.25, 0.3) is 11.1 Å². The summed E-state index contributed by atoms with van der Waals surface area (Å²) in [5, 5.41) is 11.4. The number of ether oxygens (including phenoxy) is 1. The maximum Gasteiger partial charge on any atom is 1.00 e. The highest BCUT2D eigenvalue weighted by atomic mass is 16.6. The number of aromatic nitrogens is 8. The average molecular weight is 1130 g/mol. The molecule has 0 radical (unpaired) electrons. The molecule has 440 valence electrons. The Hall–Kier alpha value is -7.35. The minimum absolute atomic E-state index is 0. The van der Waals surface area contributed by atoms with Crippen LogP contribution in [0.15, 0.2) is 58.6 Å². The predicted molar refractivity (Wildman–Crippen MR) is 325 cm³/mol. The molecule has 3 N–H and O–H groups in total. The molecule has 10 heterocycles. The molecule has 4 saturated heterocycles. The van der Waals surface area contributed by atoms with E-state index in [9.17, 15) is 24.0 Å². The third-order valence-corrected chi connectivity index (χ3v) is 19.0. The maximum absolute atomic E-state index is 13.5. The number of amides is 1. The topological polar surface area (TPSA) is 228 Å². The van der Waals surface area contributed by atoms with Crippen LogP contribution in [0, 0.1) is 24.7 Å². The van der Waals surface area contributed by atoms with Crippen molar-refractivity contribution in [2.24, 2.45) is 10.8 Å². The molecule has 4 aliphatic heterocycles. The molecule has 6 aromatic heterocycles. The standard InChI is InChI=1S/C34H45N7O4.C29H37N7O2/c1-22-26-21-36-31(38-29(26)41(24-8-6-7-9-24)30(43)28(22)23(2)42)37-27-11-10-25(20-35-27)39-16-12-34(13-17-39)14-18-40(19-15-34)32(44)45-33(3,4)5;1-19-23-18-32-28(34-26(23)36(21-5-3-4-6-21)27(38)25(19)20(2)37)33-24-8-7-22(17-31-24)35-15-11-29(12-16-35)9-13-30-14-10-29/h10-11,20-21,24H,6-9,12-19H2,1-5H3,(H,35,36,37,38);7-8,17-18,21,30H,3-6,9-16H2,1-2H3,(H,31,32,33,34)/p+1. The van der Waals surface area contributed by atoms with Crippen LogP contribution in [-0.4, -0.2) is 120 Å². The van der Waals surface area contributed by atoms with E-state index in [1.54, 1.807) is 28.5 Å². The van der Waals surface area contributed by atoms with E-state index in [4.69, 9.17) is 14.7 Å². The van der Waals surface area contributed by atoms with Gasteiger partial charge in [-0.3, -0.25) is 28.3 Å². The Kier molecular flexibility index (Phi) is 16.4. The van der Waals surface area contributed by atoms with E-state index in [-0.39, 0.29) is 58.8 Å². The smallest absolute Gasteiger partial charge is 0.444 e. The molecule has 6 fully saturated rings. The van der Waals surface area contributed by atoms with Crippen molar-refractivity contribution >= 4 is 74.6 Å². The number of anilines is 6. The Balaban J connectivity index is 0.000000187. The summed E-state index contributed by atoms with van der Waals surface area (Å²) in [6.07, 6.45) is 24.2. The number of fused-ring (bicyclic) bond motifs is 2. The highest BCUT2D eigenvalue weighted by Gasteiger charge is 2.40. The summed E-state index contributed by atoms with van der Waals surface area (Å²) < 4.78 is 9.03. The normalized spacial score (nSPS) is 19.3. The van der Waals surface area contributed by atoms with Crippen LogP contribution in [0.25, 0.3) is 22.1 Å². The fraction of sp³-hybridized carbons (Fsp3) is 0.571. The first-order valence-corrected chi connectivity index (χ1v) is 30.4. The van der Waals surface area contributed by atoms with Gasteiger partial charge in [0.2, 0.25) is 11.9 Å². The van der Waals surface area contributed by atoms with E-state index in [0.717, 1.165) is 152 Å². The largest absolute Gasteiger partial charge is 1.00 e. The average Bonchev–Trinajstić information content (AvgIpc) is 1.50. The zero-order valence-corrected chi connectivity index (χ0v) is 49.6. The number of hydrogen-bond donors (Lipinski definition) is 3. The van der Waals surface area contributed by atoms with Crippen molar-refractivity contribution in [3.63, 3.8) is 0 Å². The Morgan fingerprint density at radius 2 is 0.976 bits per heavy atom. The Morgan fingerprint density at radius 3 is 1.35 bits per heavy atom. The van der Waals surface area contributed by atoms with Gasteiger partial charge in [-0.15, -0.1) is 0 Å². The summed E-state index contributed by atoms with van der Waals surface area (Å²) in [7, 11) is 0. The summed E-state index contributed by atoms with van der Waals surface area (Å²) in [4.78, 5) is 98.8. The van der Waals surface area contributed by atoms with Gasteiger partial charge in [-0.2, -0.15) is 9.97 Å². The van der Waals surface area contributed by atoms with Crippen LogP contribution in [0.2, 0.25) is 0 Å². The summed E-state index contributed by atoms with van der Waals surface area (Å²) in [5.41, 5.74) is 4.92. The van der Waals surface area contributed by atoms with E-state index in [1.165, 1.54) is 39.5 Å². The monoisotopic (exact) mass is 1130 g/mol. The zero-order chi connectivity index (χ0) is 58.2. The third-order valence-electron chi connectivity index (χ3n) is 19.0. The lowest BCUT2D eigenvalue weighted by Gasteiger charge is -2.47. The quantitative estimate of drug-likeness (QED) is 0.108. The van der Waals surface area contributed by atoms with Gasteiger partial charge in [0.15, 0.2) is 11.6 Å². The highest BCUT2D eigenvalue weighted by molar-refractivity contribution is 6.00. The number of carbonyl (C=O) groups excluding carboxylic acids is 3. The second-order valence-electron chi connectivity index (χ2n) is 25.4. The van der Waals surface area contributed by atoms with Crippen molar-refractivity contribution in [1.82, 2.24) is 49.3 Å². The van der Waals surface area contributed by atoms with Crippen LogP contribution in [0.3, 0.4) is 0 Å². The second-order valence-corrected chi connectivity index (χ2v) is 25.4. The van der Waals surface area contributed by atoms with Crippen molar-refractivity contribution in [2.75, 3.05) is 72.8 Å². The molecular weight excluding hydrogens is 1050 g/mol. The highest BCUT2D eigenvalue weighted by Crippen LogP contribution is 2.44. The molecule has 20 heteroatoms. The molecule has 0 bridgehead atoms. The fourth-order valence-corrected chi connectivity index (χ4v) is 14.1. The number of nitrogens with one attached hydrogen (secondary N) is 3. The number of carbonyl (C=O) groups is 3. The lowest BCUT2D eigenvalue weighted by molar-refractivity contribution is 0.00663. The Bertz CT molecular complexity index is 3500. The molecule has 6 aromatic rings. The van der Waals surface area contributed by atoms with Crippen LogP contribution < -0.4 is 36.9 Å². The van der Waals surface area contributed by atoms with Crippen molar-refractivity contribution < 1.29 is 20.5 Å². The minimum atomic E-state index is -0.473. The molecular formula is C63H83N14O6+. The maximum atomic E-state index is 13.5. The number of piperidine rings is 4. The third kappa shape index (κ3) is 12.2. The van der Waals surface area contributed by atoms with Crippen LogP contribution in [0.5, 0.6) is 0 Å².